The van der Waals surface area contributed by atoms with E-state index in [0.29, 0.717) is 19.3 Å². The second-order valence-electron chi connectivity index (χ2n) is 2.98. The SMILES string of the molecule is CC(CCCCC(=O)O)C(=O)ON. The molecule has 0 aromatic carbocycles. The summed E-state index contributed by atoms with van der Waals surface area (Å²) in [6.07, 6.45) is 2.04. The number of hydrogen-bond donors (Lipinski definition) is 2. The lowest BCUT2D eigenvalue weighted by molar-refractivity contribution is -0.148. The van der Waals surface area contributed by atoms with Crippen molar-refractivity contribution >= 4 is 11.9 Å². The molecule has 0 aliphatic carbocycles. The van der Waals surface area contributed by atoms with Crippen LogP contribution < -0.4 is 5.90 Å². The number of rotatable bonds is 6. The average molecular weight is 189 g/mol. The van der Waals surface area contributed by atoms with Gasteiger partial charge in [0.15, 0.2) is 0 Å². The van der Waals surface area contributed by atoms with E-state index in [1.807, 2.05) is 0 Å². The molecule has 1 atom stereocenters. The van der Waals surface area contributed by atoms with E-state index in [0.717, 1.165) is 0 Å². The molecule has 0 bridgehead atoms. The summed E-state index contributed by atoms with van der Waals surface area (Å²) in [5.41, 5.74) is 0. The smallest absolute Gasteiger partial charge is 0.327 e. The van der Waals surface area contributed by atoms with Crippen LogP contribution in [0.15, 0.2) is 0 Å². The molecule has 0 heterocycles. The van der Waals surface area contributed by atoms with Gasteiger partial charge in [-0.15, -0.1) is 0 Å². The third-order valence-corrected chi connectivity index (χ3v) is 1.80. The van der Waals surface area contributed by atoms with Gasteiger partial charge >= 0.3 is 11.9 Å². The molecular formula is C8H15NO4. The van der Waals surface area contributed by atoms with Crippen LogP contribution in [0.5, 0.6) is 0 Å². The lowest BCUT2D eigenvalue weighted by atomic mass is 10.0. The number of hydrogen-bond acceptors (Lipinski definition) is 4. The summed E-state index contributed by atoms with van der Waals surface area (Å²) in [7, 11) is 0. The second kappa shape index (κ2) is 6.42. The third-order valence-electron chi connectivity index (χ3n) is 1.80. The first kappa shape index (κ1) is 11.9. The van der Waals surface area contributed by atoms with E-state index < -0.39 is 11.9 Å². The molecule has 1 unspecified atom stereocenters. The van der Waals surface area contributed by atoms with Gasteiger partial charge in [-0.1, -0.05) is 13.3 Å². The van der Waals surface area contributed by atoms with Crippen LogP contribution in [0, 0.1) is 5.92 Å². The topological polar surface area (TPSA) is 89.6 Å². The van der Waals surface area contributed by atoms with Crippen LogP contribution >= 0.6 is 0 Å². The van der Waals surface area contributed by atoms with E-state index >= 15 is 0 Å². The molecule has 0 aromatic heterocycles. The Labute approximate surface area is 76.8 Å². The average Bonchev–Trinajstić information content (AvgIpc) is 2.10. The molecule has 0 aromatic rings. The molecule has 0 radical (unpaired) electrons. The summed E-state index contributed by atoms with van der Waals surface area (Å²) in [6, 6.07) is 0. The van der Waals surface area contributed by atoms with Gasteiger partial charge < -0.3 is 9.94 Å². The highest BCUT2D eigenvalue weighted by molar-refractivity contribution is 5.71. The molecule has 5 nitrogen and oxygen atoms in total. The molecule has 0 rings (SSSR count). The number of carboxylic acids is 1. The molecule has 0 aliphatic heterocycles. The standard InChI is InChI=1S/C8H15NO4/c1-6(8(12)13-9)4-2-3-5-7(10)11/h6H,2-5,9H2,1H3,(H,10,11). The van der Waals surface area contributed by atoms with Crippen LogP contribution in [-0.2, 0) is 14.4 Å². The summed E-state index contributed by atoms with van der Waals surface area (Å²) in [5, 5.41) is 8.32. The minimum atomic E-state index is -0.811. The maximum Gasteiger partial charge on any atom is 0.327 e. The molecule has 0 fully saturated rings. The molecule has 0 aliphatic rings. The molecule has 3 N–H and O–H groups in total. The fourth-order valence-electron chi connectivity index (χ4n) is 0.961. The van der Waals surface area contributed by atoms with Crippen molar-refractivity contribution in [2.24, 2.45) is 11.8 Å². The van der Waals surface area contributed by atoms with Crippen LogP contribution in [0.3, 0.4) is 0 Å². The minimum Gasteiger partial charge on any atom is -0.481 e. The normalized spacial score (nSPS) is 12.2. The number of nitrogens with two attached hydrogens (primary N) is 1. The summed E-state index contributed by atoms with van der Waals surface area (Å²) < 4.78 is 0. The van der Waals surface area contributed by atoms with Crippen molar-refractivity contribution in [1.29, 1.82) is 0 Å². The first-order chi connectivity index (χ1) is 6.07. The minimum absolute atomic E-state index is 0.143. The molecule has 76 valence electrons. The summed E-state index contributed by atoms with van der Waals surface area (Å²) in [4.78, 5) is 24.9. The van der Waals surface area contributed by atoms with E-state index in [1.165, 1.54) is 0 Å². The van der Waals surface area contributed by atoms with Crippen molar-refractivity contribution in [3.8, 4) is 0 Å². The number of carbonyl (C=O) groups is 2. The zero-order chi connectivity index (χ0) is 10.3. The van der Waals surface area contributed by atoms with Crippen LogP contribution in [-0.4, -0.2) is 17.0 Å². The number of unbranched alkanes of at least 4 members (excludes halogenated alkanes) is 1. The second-order valence-corrected chi connectivity index (χ2v) is 2.98. The predicted molar refractivity (Wildman–Crippen MR) is 45.5 cm³/mol. The highest BCUT2D eigenvalue weighted by Crippen LogP contribution is 2.10. The molecular weight excluding hydrogens is 174 g/mol. The van der Waals surface area contributed by atoms with Gasteiger partial charge in [-0.2, -0.15) is 5.90 Å². The maximum atomic E-state index is 10.8. The lowest BCUT2D eigenvalue weighted by Crippen LogP contribution is -2.18. The van der Waals surface area contributed by atoms with Crippen molar-refractivity contribution < 1.29 is 19.5 Å². The van der Waals surface area contributed by atoms with E-state index in [9.17, 15) is 9.59 Å². The predicted octanol–water partition coefficient (Wildman–Crippen LogP) is 0.684. The first-order valence-corrected chi connectivity index (χ1v) is 4.20. The van der Waals surface area contributed by atoms with Crippen LogP contribution in [0.2, 0.25) is 0 Å². The van der Waals surface area contributed by atoms with Gasteiger partial charge in [-0.25, -0.2) is 0 Å². The number of carboxylic acid groups (broad SMARTS) is 1. The molecule has 0 saturated carbocycles. The molecule has 0 spiro atoms. The molecule has 0 amide bonds. The highest BCUT2D eigenvalue weighted by Gasteiger charge is 2.12. The van der Waals surface area contributed by atoms with Gasteiger partial charge in [0.05, 0.1) is 5.92 Å². The van der Waals surface area contributed by atoms with Gasteiger partial charge in [0.1, 0.15) is 0 Å². The highest BCUT2D eigenvalue weighted by atomic mass is 16.7. The van der Waals surface area contributed by atoms with Crippen molar-refractivity contribution in [3.05, 3.63) is 0 Å². The Balaban J connectivity index is 3.42. The molecule has 0 saturated heterocycles. The molecule has 13 heavy (non-hydrogen) atoms. The Morgan fingerprint density at radius 1 is 1.46 bits per heavy atom. The van der Waals surface area contributed by atoms with Crippen molar-refractivity contribution in [1.82, 2.24) is 0 Å². The Hall–Kier alpha value is -1.10. The van der Waals surface area contributed by atoms with Gasteiger partial charge in [-0.05, 0) is 12.8 Å². The Morgan fingerprint density at radius 2 is 2.08 bits per heavy atom. The maximum absolute atomic E-state index is 10.8. The summed E-state index contributed by atoms with van der Waals surface area (Å²) >= 11 is 0. The van der Waals surface area contributed by atoms with Gasteiger partial charge in [0.25, 0.3) is 0 Å². The fourth-order valence-corrected chi connectivity index (χ4v) is 0.961. The van der Waals surface area contributed by atoms with Crippen molar-refractivity contribution in [2.45, 2.75) is 32.6 Å². The van der Waals surface area contributed by atoms with Gasteiger partial charge in [0.2, 0.25) is 0 Å². The zero-order valence-electron chi connectivity index (χ0n) is 7.66. The quantitative estimate of drug-likeness (QED) is 0.473. The fraction of sp³-hybridized carbons (Fsp3) is 0.750. The monoisotopic (exact) mass is 189 g/mol. The largest absolute Gasteiger partial charge is 0.481 e. The summed E-state index contributed by atoms with van der Waals surface area (Å²) in [5.74, 6) is 3.17. The van der Waals surface area contributed by atoms with Crippen LogP contribution in [0.1, 0.15) is 32.6 Å². The van der Waals surface area contributed by atoms with Crippen molar-refractivity contribution in [2.75, 3.05) is 0 Å². The van der Waals surface area contributed by atoms with Crippen LogP contribution in [0.4, 0.5) is 0 Å². The number of carbonyl (C=O) groups excluding carboxylic acids is 1. The van der Waals surface area contributed by atoms with Crippen LogP contribution in [0.25, 0.3) is 0 Å². The Morgan fingerprint density at radius 3 is 2.54 bits per heavy atom. The summed E-state index contributed by atoms with van der Waals surface area (Å²) in [6.45, 7) is 1.70. The van der Waals surface area contributed by atoms with Gasteiger partial charge in [0, 0.05) is 6.42 Å². The van der Waals surface area contributed by atoms with Gasteiger partial charge in [-0.3, -0.25) is 9.59 Å². The Bertz CT molecular complexity index is 181. The zero-order valence-corrected chi connectivity index (χ0v) is 7.66. The van der Waals surface area contributed by atoms with E-state index in [2.05, 4.69) is 10.7 Å². The van der Waals surface area contributed by atoms with E-state index in [-0.39, 0.29) is 12.3 Å². The first-order valence-electron chi connectivity index (χ1n) is 4.20. The van der Waals surface area contributed by atoms with Crippen molar-refractivity contribution in [3.63, 3.8) is 0 Å². The Kier molecular flexibility index (Phi) is 5.88. The van der Waals surface area contributed by atoms with E-state index in [4.69, 9.17) is 5.11 Å². The lowest BCUT2D eigenvalue weighted by Gasteiger charge is -2.06. The third kappa shape index (κ3) is 6.10. The van der Waals surface area contributed by atoms with E-state index in [1.54, 1.807) is 6.92 Å². The number of aliphatic carboxylic acids is 1. The molecule has 5 heteroatoms.